The van der Waals surface area contributed by atoms with E-state index < -0.39 is 17.7 Å². The zero-order chi connectivity index (χ0) is 23.8. The average Bonchev–Trinajstić information content (AvgIpc) is 3.24. The second kappa shape index (κ2) is 11.4. The lowest BCUT2D eigenvalue weighted by Crippen LogP contribution is -2.22. The number of unbranched alkanes of at least 4 members (excludes halogenated alkanes) is 5. The van der Waals surface area contributed by atoms with E-state index in [9.17, 15) is 17.6 Å². The third-order valence-electron chi connectivity index (χ3n) is 5.34. The number of pyridine rings is 1. The summed E-state index contributed by atoms with van der Waals surface area (Å²) in [7, 11) is 1.70. The molecule has 2 heterocycles. The highest BCUT2D eigenvalue weighted by Crippen LogP contribution is 2.39. The number of benzene rings is 1. The highest BCUT2D eigenvalue weighted by atomic mass is 32.1. The molecule has 9 heteroatoms. The van der Waals surface area contributed by atoms with Gasteiger partial charge >= 0.3 is 6.18 Å². The molecule has 0 aliphatic rings. The van der Waals surface area contributed by atoms with E-state index in [1.807, 2.05) is 0 Å². The van der Waals surface area contributed by atoms with Crippen molar-refractivity contribution in [2.24, 2.45) is 0 Å². The molecule has 3 aromatic rings. The van der Waals surface area contributed by atoms with Crippen LogP contribution in [0.25, 0.3) is 11.3 Å². The number of nitrogens with zero attached hydrogens (tertiary/aromatic N) is 3. The fourth-order valence-corrected chi connectivity index (χ4v) is 4.28. The van der Waals surface area contributed by atoms with E-state index in [-0.39, 0.29) is 5.69 Å². The molecule has 3 rings (SSSR count). The van der Waals surface area contributed by atoms with Crippen molar-refractivity contribution >= 4 is 27.8 Å². The van der Waals surface area contributed by atoms with Gasteiger partial charge in [-0.25, -0.2) is 9.97 Å². The molecule has 0 atom stereocenters. The zero-order valence-corrected chi connectivity index (χ0v) is 19.6. The van der Waals surface area contributed by atoms with E-state index in [4.69, 9.17) is 0 Å². The molecule has 33 heavy (non-hydrogen) atoms. The summed E-state index contributed by atoms with van der Waals surface area (Å²) in [5.41, 5.74) is 0.987. The van der Waals surface area contributed by atoms with Crippen LogP contribution in [0.5, 0.6) is 0 Å². The summed E-state index contributed by atoms with van der Waals surface area (Å²) < 4.78 is 54.4. The molecule has 2 aromatic heterocycles. The maximum atomic E-state index is 13.8. The third kappa shape index (κ3) is 7.15. The summed E-state index contributed by atoms with van der Waals surface area (Å²) in [5.74, 6) is -0.589. The van der Waals surface area contributed by atoms with Gasteiger partial charge in [-0.15, -0.1) is 11.3 Å². The second-order valence-corrected chi connectivity index (χ2v) is 8.81. The number of aromatic nitrogens is 2. The SMILES string of the molecule is CCCCCCCCN(C)c1ccc(Nc2nc(-c3ccc(F)nc3)cs2)cc1C(F)(F)F. The molecule has 0 fully saturated rings. The van der Waals surface area contributed by atoms with Crippen LogP contribution in [-0.4, -0.2) is 23.6 Å². The minimum absolute atomic E-state index is 0.166. The standard InChI is InChI=1S/C24H28F4N4S/c1-3-4-5-6-7-8-13-32(2)21-11-10-18(14-19(21)24(26,27)28)30-23-31-20(16-33-23)17-9-12-22(25)29-15-17/h9-12,14-16H,3-8,13H2,1-2H3,(H,30,31). The van der Waals surface area contributed by atoms with Crippen LogP contribution < -0.4 is 10.2 Å². The van der Waals surface area contributed by atoms with E-state index >= 15 is 0 Å². The first kappa shape index (κ1) is 25.0. The molecule has 1 aromatic carbocycles. The van der Waals surface area contributed by atoms with Gasteiger partial charge in [0.1, 0.15) is 0 Å². The fourth-order valence-electron chi connectivity index (χ4n) is 3.54. The van der Waals surface area contributed by atoms with Crippen molar-refractivity contribution in [1.29, 1.82) is 0 Å². The van der Waals surface area contributed by atoms with Crippen molar-refractivity contribution in [3.05, 3.63) is 53.4 Å². The molecule has 0 radical (unpaired) electrons. The summed E-state index contributed by atoms with van der Waals surface area (Å²) in [6.07, 6.45) is 3.41. The molecule has 0 aliphatic carbocycles. The van der Waals surface area contributed by atoms with E-state index in [0.29, 0.717) is 28.6 Å². The van der Waals surface area contributed by atoms with Crippen molar-refractivity contribution in [3.8, 4) is 11.3 Å². The second-order valence-electron chi connectivity index (χ2n) is 7.95. The number of anilines is 3. The van der Waals surface area contributed by atoms with Gasteiger partial charge in [0.25, 0.3) is 0 Å². The Morgan fingerprint density at radius 1 is 1.03 bits per heavy atom. The molecule has 0 spiro atoms. The molecule has 0 unspecified atom stereocenters. The monoisotopic (exact) mass is 480 g/mol. The van der Waals surface area contributed by atoms with E-state index in [2.05, 4.69) is 22.2 Å². The zero-order valence-electron chi connectivity index (χ0n) is 18.8. The van der Waals surface area contributed by atoms with Crippen molar-refractivity contribution in [2.75, 3.05) is 23.8 Å². The minimum Gasteiger partial charge on any atom is -0.374 e. The average molecular weight is 481 g/mol. The highest BCUT2D eigenvalue weighted by molar-refractivity contribution is 7.14. The number of thiazole rings is 1. The van der Waals surface area contributed by atoms with Crippen LogP contribution in [0.2, 0.25) is 0 Å². The number of hydrogen-bond donors (Lipinski definition) is 1. The van der Waals surface area contributed by atoms with E-state index in [1.54, 1.807) is 29.5 Å². The predicted molar refractivity (Wildman–Crippen MR) is 127 cm³/mol. The maximum absolute atomic E-state index is 13.8. The molecule has 0 saturated heterocycles. The lowest BCUT2D eigenvalue weighted by Gasteiger charge is -2.24. The Labute approximate surface area is 195 Å². The Bertz CT molecular complexity index is 1020. The van der Waals surface area contributed by atoms with Crippen LogP contribution in [0.3, 0.4) is 0 Å². The van der Waals surface area contributed by atoms with Gasteiger partial charge in [-0.1, -0.05) is 39.0 Å². The Morgan fingerprint density at radius 2 is 1.79 bits per heavy atom. The number of halogens is 4. The van der Waals surface area contributed by atoms with Crippen LogP contribution >= 0.6 is 11.3 Å². The molecular weight excluding hydrogens is 452 g/mol. The van der Waals surface area contributed by atoms with Gasteiger partial charge in [-0.05, 0) is 36.8 Å². The molecule has 0 saturated carbocycles. The Hall–Kier alpha value is -2.68. The summed E-state index contributed by atoms with van der Waals surface area (Å²) in [6.45, 7) is 2.73. The van der Waals surface area contributed by atoms with Crippen molar-refractivity contribution < 1.29 is 17.6 Å². The summed E-state index contributed by atoms with van der Waals surface area (Å²) in [5, 5.41) is 5.13. The summed E-state index contributed by atoms with van der Waals surface area (Å²) in [4.78, 5) is 9.66. The summed E-state index contributed by atoms with van der Waals surface area (Å²) >= 11 is 1.25. The third-order valence-corrected chi connectivity index (χ3v) is 6.10. The van der Waals surface area contributed by atoms with Crippen LogP contribution in [0, 0.1) is 5.95 Å². The lowest BCUT2D eigenvalue weighted by molar-refractivity contribution is -0.137. The van der Waals surface area contributed by atoms with Crippen LogP contribution in [0.4, 0.5) is 34.1 Å². The van der Waals surface area contributed by atoms with Gasteiger partial charge in [0.2, 0.25) is 5.95 Å². The topological polar surface area (TPSA) is 41.0 Å². The normalized spacial score (nSPS) is 11.6. The Kier molecular flexibility index (Phi) is 8.66. The van der Waals surface area contributed by atoms with Crippen molar-refractivity contribution in [2.45, 2.75) is 51.6 Å². The smallest absolute Gasteiger partial charge is 0.374 e. The van der Waals surface area contributed by atoms with E-state index in [1.165, 1.54) is 48.9 Å². The van der Waals surface area contributed by atoms with Gasteiger partial charge in [-0.3, -0.25) is 0 Å². The molecule has 0 amide bonds. The first-order valence-electron chi connectivity index (χ1n) is 11.0. The maximum Gasteiger partial charge on any atom is 0.418 e. The van der Waals surface area contributed by atoms with Crippen LogP contribution in [-0.2, 0) is 6.18 Å². The molecule has 0 aliphatic heterocycles. The predicted octanol–water partition coefficient (Wildman–Crippen LogP) is 7.90. The Morgan fingerprint density at radius 3 is 2.48 bits per heavy atom. The van der Waals surface area contributed by atoms with Gasteiger partial charge in [0.05, 0.1) is 11.3 Å². The molecular formula is C24H28F4N4S. The number of nitrogens with one attached hydrogen (secondary N) is 1. The molecule has 4 nitrogen and oxygen atoms in total. The van der Waals surface area contributed by atoms with Gasteiger partial charge in [-0.2, -0.15) is 17.6 Å². The first-order valence-corrected chi connectivity index (χ1v) is 11.9. The molecule has 178 valence electrons. The van der Waals surface area contributed by atoms with Crippen LogP contribution in [0.1, 0.15) is 51.0 Å². The van der Waals surface area contributed by atoms with Gasteiger partial charge in [0.15, 0.2) is 5.13 Å². The number of rotatable bonds is 11. The highest BCUT2D eigenvalue weighted by Gasteiger charge is 2.34. The Balaban J connectivity index is 1.69. The number of hydrogen-bond acceptors (Lipinski definition) is 5. The van der Waals surface area contributed by atoms with Crippen LogP contribution in [0.15, 0.2) is 41.9 Å². The fraction of sp³-hybridized carbons (Fsp3) is 0.417. The molecule has 1 N–H and O–H groups in total. The quantitative estimate of drug-likeness (QED) is 0.172. The molecule has 0 bridgehead atoms. The largest absolute Gasteiger partial charge is 0.418 e. The van der Waals surface area contributed by atoms with Gasteiger partial charge in [0, 0.05) is 42.1 Å². The van der Waals surface area contributed by atoms with Gasteiger partial charge < -0.3 is 10.2 Å². The van der Waals surface area contributed by atoms with Crippen molar-refractivity contribution in [1.82, 2.24) is 9.97 Å². The minimum atomic E-state index is -4.48. The first-order chi connectivity index (χ1) is 15.8. The van der Waals surface area contributed by atoms with Crippen molar-refractivity contribution in [3.63, 3.8) is 0 Å². The van der Waals surface area contributed by atoms with E-state index in [0.717, 1.165) is 25.3 Å². The lowest BCUT2D eigenvalue weighted by atomic mass is 10.1. The summed E-state index contributed by atoms with van der Waals surface area (Å²) in [6, 6.07) is 7.03. The number of alkyl halides is 3.